The molecule has 2 aromatic carbocycles. The number of nitrogens with one attached hydrogen (secondary N) is 1. The zero-order valence-electron chi connectivity index (χ0n) is 15.0. The van der Waals surface area contributed by atoms with Gasteiger partial charge in [-0.05, 0) is 30.3 Å². The lowest BCUT2D eigenvalue weighted by molar-refractivity contribution is -0.137. The molecule has 0 bridgehead atoms. The number of rotatable bonds is 4. The molecule has 29 heavy (non-hydrogen) atoms. The van der Waals surface area contributed by atoms with Crippen molar-refractivity contribution in [3.8, 4) is 11.5 Å². The first kappa shape index (κ1) is 18.9. The summed E-state index contributed by atoms with van der Waals surface area (Å²) in [5, 5.41) is 2.40. The Bertz CT molecular complexity index is 964. The molecular weight excluding hydrogens is 391 g/mol. The predicted octanol–water partition coefficient (Wildman–Crippen LogP) is 3.31. The van der Waals surface area contributed by atoms with Gasteiger partial charge in [0.1, 0.15) is 6.54 Å². The third-order valence-corrected chi connectivity index (χ3v) is 4.57. The highest BCUT2D eigenvalue weighted by atomic mass is 19.4. The van der Waals surface area contributed by atoms with Gasteiger partial charge in [0.2, 0.25) is 12.7 Å². The third kappa shape index (κ3) is 3.91. The number of hydrogen-bond donors (Lipinski definition) is 1. The van der Waals surface area contributed by atoms with Crippen LogP contribution in [-0.2, 0) is 11.0 Å². The number of halogens is 3. The summed E-state index contributed by atoms with van der Waals surface area (Å²) < 4.78 is 48.9. The Hall–Kier alpha value is -3.43. The lowest BCUT2D eigenvalue weighted by atomic mass is 10.2. The molecule has 0 unspecified atom stereocenters. The van der Waals surface area contributed by atoms with E-state index in [0.29, 0.717) is 30.3 Å². The van der Waals surface area contributed by atoms with E-state index in [-0.39, 0.29) is 25.1 Å². The summed E-state index contributed by atoms with van der Waals surface area (Å²) >= 11 is 0. The van der Waals surface area contributed by atoms with Crippen molar-refractivity contribution in [2.75, 3.05) is 36.6 Å². The molecule has 1 saturated heterocycles. The summed E-state index contributed by atoms with van der Waals surface area (Å²) in [4.78, 5) is 27.7. The Balaban J connectivity index is 1.39. The van der Waals surface area contributed by atoms with Gasteiger partial charge in [-0.15, -0.1) is 0 Å². The Labute approximate surface area is 163 Å². The largest absolute Gasteiger partial charge is 0.454 e. The summed E-state index contributed by atoms with van der Waals surface area (Å²) in [5.41, 5.74) is -0.231. The average Bonchev–Trinajstić information content (AvgIpc) is 3.27. The SMILES string of the molecule is O=C(CN1CCN(c2ccc3c(c2)OCO3)C1=O)Nc1cccc(C(F)(F)F)c1. The summed E-state index contributed by atoms with van der Waals surface area (Å²) in [5.74, 6) is 0.555. The fraction of sp³-hybridized carbons (Fsp3) is 0.263. The van der Waals surface area contributed by atoms with Gasteiger partial charge < -0.3 is 19.7 Å². The van der Waals surface area contributed by atoms with Crippen LogP contribution < -0.4 is 19.7 Å². The van der Waals surface area contributed by atoms with Gasteiger partial charge in [0, 0.05) is 30.5 Å². The molecule has 0 aliphatic carbocycles. The van der Waals surface area contributed by atoms with Crippen molar-refractivity contribution in [1.29, 1.82) is 0 Å². The van der Waals surface area contributed by atoms with Crippen molar-refractivity contribution in [3.63, 3.8) is 0 Å². The number of alkyl halides is 3. The van der Waals surface area contributed by atoms with Crippen LogP contribution in [0.4, 0.5) is 29.3 Å². The number of carbonyl (C=O) groups excluding carboxylic acids is 2. The van der Waals surface area contributed by atoms with E-state index in [1.54, 1.807) is 18.2 Å². The van der Waals surface area contributed by atoms with E-state index in [0.717, 1.165) is 12.1 Å². The van der Waals surface area contributed by atoms with Crippen molar-refractivity contribution in [2.45, 2.75) is 6.18 Å². The van der Waals surface area contributed by atoms with Crippen LogP contribution in [0.5, 0.6) is 11.5 Å². The van der Waals surface area contributed by atoms with E-state index in [1.807, 2.05) is 0 Å². The Morgan fingerprint density at radius 2 is 1.86 bits per heavy atom. The Kier molecular flexibility index (Phi) is 4.69. The van der Waals surface area contributed by atoms with Gasteiger partial charge in [0.25, 0.3) is 0 Å². The second-order valence-corrected chi connectivity index (χ2v) is 6.52. The summed E-state index contributed by atoms with van der Waals surface area (Å²) in [7, 11) is 0. The van der Waals surface area contributed by atoms with Gasteiger partial charge in [-0.25, -0.2) is 4.79 Å². The number of ether oxygens (including phenoxy) is 2. The summed E-state index contributed by atoms with van der Waals surface area (Å²) in [6.45, 7) is 0.531. The summed E-state index contributed by atoms with van der Waals surface area (Å²) in [6.07, 6.45) is -4.50. The molecule has 2 aliphatic rings. The summed E-state index contributed by atoms with van der Waals surface area (Å²) in [6, 6.07) is 9.07. The van der Waals surface area contributed by atoms with Crippen LogP contribution in [0.25, 0.3) is 0 Å². The molecule has 0 aromatic heterocycles. The number of anilines is 2. The molecule has 1 fully saturated rings. The Morgan fingerprint density at radius 3 is 2.66 bits per heavy atom. The number of benzene rings is 2. The van der Waals surface area contributed by atoms with E-state index in [2.05, 4.69) is 5.32 Å². The van der Waals surface area contributed by atoms with Crippen LogP contribution >= 0.6 is 0 Å². The molecule has 0 saturated carbocycles. The van der Waals surface area contributed by atoms with Crippen LogP contribution in [0.15, 0.2) is 42.5 Å². The second kappa shape index (κ2) is 7.19. The first-order valence-electron chi connectivity index (χ1n) is 8.74. The number of carbonyl (C=O) groups is 2. The molecule has 7 nitrogen and oxygen atoms in total. The molecule has 2 aliphatic heterocycles. The van der Waals surface area contributed by atoms with Crippen molar-refractivity contribution < 1.29 is 32.2 Å². The fourth-order valence-electron chi connectivity index (χ4n) is 3.17. The smallest absolute Gasteiger partial charge is 0.416 e. The molecule has 1 N–H and O–H groups in total. The fourth-order valence-corrected chi connectivity index (χ4v) is 3.17. The normalized spacial score (nSPS) is 15.8. The molecule has 0 atom stereocenters. The van der Waals surface area contributed by atoms with Crippen molar-refractivity contribution in [1.82, 2.24) is 4.90 Å². The zero-order valence-corrected chi connectivity index (χ0v) is 15.0. The molecule has 4 rings (SSSR count). The van der Waals surface area contributed by atoms with Crippen molar-refractivity contribution in [3.05, 3.63) is 48.0 Å². The van der Waals surface area contributed by atoms with Crippen LogP contribution in [-0.4, -0.2) is 43.3 Å². The molecule has 10 heteroatoms. The predicted molar refractivity (Wildman–Crippen MR) is 97.0 cm³/mol. The number of hydrogen-bond acceptors (Lipinski definition) is 4. The van der Waals surface area contributed by atoms with Crippen LogP contribution in [0.1, 0.15) is 5.56 Å². The van der Waals surface area contributed by atoms with Crippen molar-refractivity contribution >= 4 is 23.3 Å². The lowest BCUT2D eigenvalue weighted by Crippen LogP contribution is -2.37. The van der Waals surface area contributed by atoms with Crippen LogP contribution in [0, 0.1) is 0 Å². The molecule has 152 valence electrons. The van der Waals surface area contributed by atoms with Crippen LogP contribution in [0.3, 0.4) is 0 Å². The van der Waals surface area contributed by atoms with Gasteiger partial charge in [0.15, 0.2) is 11.5 Å². The topological polar surface area (TPSA) is 71.1 Å². The van der Waals surface area contributed by atoms with E-state index in [1.165, 1.54) is 21.9 Å². The van der Waals surface area contributed by atoms with E-state index >= 15 is 0 Å². The molecule has 3 amide bonds. The minimum Gasteiger partial charge on any atom is -0.454 e. The van der Waals surface area contributed by atoms with Crippen LogP contribution in [0.2, 0.25) is 0 Å². The van der Waals surface area contributed by atoms with Gasteiger partial charge >= 0.3 is 12.2 Å². The molecule has 2 aromatic rings. The molecule has 0 radical (unpaired) electrons. The lowest BCUT2D eigenvalue weighted by Gasteiger charge is -2.19. The Morgan fingerprint density at radius 1 is 1.07 bits per heavy atom. The number of fused-ring (bicyclic) bond motifs is 1. The highest BCUT2D eigenvalue weighted by molar-refractivity contribution is 5.99. The zero-order chi connectivity index (χ0) is 20.6. The highest BCUT2D eigenvalue weighted by Crippen LogP contribution is 2.36. The van der Waals surface area contributed by atoms with Crippen molar-refractivity contribution in [2.24, 2.45) is 0 Å². The maximum atomic E-state index is 12.8. The number of urea groups is 1. The molecule has 2 heterocycles. The standard InChI is InChI=1S/C19H16F3N3O4/c20-19(21,22)12-2-1-3-13(8-12)23-17(26)10-24-6-7-25(18(24)27)14-4-5-15-16(9-14)29-11-28-15/h1-5,8-9H,6-7,10-11H2,(H,23,26). The molecular formula is C19H16F3N3O4. The highest BCUT2D eigenvalue weighted by Gasteiger charge is 2.33. The first-order valence-corrected chi connectivity index (χ1v) is 8.74. The van der Waals surface area contributed by atoms with Gasteiger partial charge in [0.05, 0.1) is 5.56 Å². The van der Waals surface area contributed by atoms with Gasteiger partial charge in [-0.1, -0.05) is 6.07 Å². The monoisotopic (exact) mass is 407 g/mol. The number of nitrogens with zero attached hydrogens (tertiary/aromatic N) is 2. The van der Waals surface area contributed by atoms with E-state index < -0.39 is 17.6 Å². The van der Waals surface area contributed by atoms with E-state index in [9.17, 15) is 22.8 Å². The second-order valence-electron chi connectivity index (χ2n) is 6.52. The minimum atomic E-state index is -4.50. The maximum absolute atomic E-state index is 12.8. The first-order chi connectivity index (χ1) is 13.8. The quantitative estimate of drug-likeness (QED) is 0.844. The average molecular weight is 407 g/mol. The maximum Gasteiger partial charge on any atom is 0.416 e. The molecule has 0 spiro atoms. The third-order valence-electron chi connectivity index (χ3n) is 4.57. The minimum absolute atomic E-state index is 0.0177. The van der Waals surface area contributed by atoms with Gasteiger partial charge in [-0.3, -0.25) is 9.69 Å². The number of amides is 3. The van der Waals surface area contributed by atoms with E-state index in [4.69, 9.17) is 9.47 Å². The van der Waals surface area contributed by atoms with Gasteiger partial charge in [-0.2, -0.15) is 13.2 Å².